The van der Waals surface area contributed by atoms with Gasteiger partial charge in [-0.05, 0) is 19.3 Å². The summed E-state index contributed by atoms with van der Waals surface area (Å²) in [5.74, 6) is 0.740. The molecule has 0 amide bonds. The van der Waals surface area contributed by atoms with Gasteiger partial charge < -0.3 is 5.32 Å². The van der Waals surface area contributed by atoms with Crippen molar-refractivity contribution in [1.82, 2.24) is 9.97 Å². The molecule has 0 unspecified atom stereocenters. The van der Waals surface area contributed by atoms with Crippen LogP contribution in [0.5, 0.6) is 0 Å². The van der Waals surface area contributed by atoms with Gasteiger partial charge >= 0.3 is 0 Å². The van der Waals surface area contributed by atoms with Crippen molar-refractivity contribution >= 4 is 5.82 Å². The van der Waals surface area contributed by atoms with E-state index in [1.54, 1.807) is 6.20 Å². The summed E-state index contributed by atoms with van der Waals surface area (Å²) in [7, 11) is 0. The molecule has 1 N–H and O–H groups in total. The van der Waals surface area contributed by atoms with Crippen LogP contribution in [0, 0.1) is 11.3 Å². The van der Waals surface area contributed by atoms with E-state index in [0.717, 1.165) is 25.1 Å². The maximum absolute atomic E-state index is 8.63. The Kier molecular flexibility index (Phi) is 4.24. The molecule has 16 heavy (non-hydrogen) atoms. The molecule has 0 fully saturated rings. The number of nitrogens with zero attached hydrogens (tertiary/aromatic N) is 3. The highest BCUT2D eigenvalue weighted by atomic mass is 15.1. The van der Waals surface area contributed by atoms with E-state index >= 15 is 0 Å². The van der Waals surface area contributed by atoms with Crippen molar-refractivity contribution in [3.8, 4) is 6.07 Å². The number of aromatic nitrogens is 2. The van der Waals surface area contributed by atoms with Crippen LogP contribution in [0.15, 0.2) is 12.4 Å². The van der Waals surface area contributed by atoms with Crippen LogP contribution in [0.1, 0.15) is 45.7 Å². The van der Waals surface area contributed by atoms with E-state index in [0.29, 0.717) is 5.69 Å². The zero-order valence-corrected chi connectivity index (χ0v) is 10.1. The Bertz CT molecular complexity index is 351. The Morgan fingerprint density at radius 2 is 1.81 bits per heavy atom. The Balaban J connectivity index is 2.82. The monoisotopic (exact) mass is 218 g/mol. The standard InChI is InChI=1S/C12H18N4/c1-4-12(5-2,6-3)16-11-9-14-10(7-13)8-15-11/h8-9H,4-6H2,1-3H3,(H,15,16). The first-order valence-electron chi connectivity index (χ1n) is 5.70. The van der Waals surface area contributed by atoms with Crippen molar-refractivity contribution in [2.45, 2.75) is 45.6 Å². The molecule has 0 aromatic carbocycles. The molecule has 0 spiro atoms. The quantitative estimate of drug-likeness (QED) is 0.825. The molecule has 1 rings (SSSR count). The number of anilines is 1. The Labute approximate surface area is 96.7 Å². The third-order valence-corrected chi connectivity index (χ3v) is 3.19. The first-order chi connectivity index (χ1) is 7.69. The molecule has 0 atom stereocenters. The largest absolute Gasteiger partial charge is 0.363 e. The minimum Gasteiger partial charge on any atom is -0.363 e. The second kappa shape index (κ2) is 5.45. The summed E-state index contributed by atoms with van der Waals surface area (Å²) in [4.78, 5) is 8.18. The zero-order valence-electron chi connectivity index (χ0n) is 10.1. The third kappa shape index (κ3) is 2.69. The van der Waals surface area contributed by atoms with Crippen LogP contribution in [0.25, 0.3) is 0 Å². The van der Waals surface area contributed by atoms with Crippen LogP contribution in [-0.4, -0.2) is 15.5 Å². The molecule has 1 aromatic rings. The third-order valence-electron chi connectivity index (χ3n) is 3.19. The summed E-state index contributed by atoms with van der Waals surface area (Å²) in [6, 6.07) is 1.96. The van der Waals surface area contributed by atoms with Gasteiger partial charge in [-0.25, -0.2) is 9.97 Å². The zero-order chi connectivity index (χ0) is 12.0. The maximum Gasteiger partial charge on any atom is 0.158 e. The van der Waals surface area contributed by atoms with Gasteiger partial charge in [0.05, 0.1) is 12.4 Å². The van der Waals surface area contributed by atoms with Gasteiger partial charge in [-0.2, -0.15) is 5.26 Å². The number of hydrogen-bond acceptors (Lipinski definition) is 4. The fourth-order valence-corrected chi connectivity index (χ4v) is 1.74. The summed E-state index contributed by atoms with van der Waals surface area (Å²) in [5.41, 5.74) is 0.434. The molecule has 0 radical (unpaired) electrons. The van der Waals surface area contributed by atoms with Crippen LogP contribution >= 0.6 is 0 Å². The molecule has 4 nitrogen and oxygen atoms in total. The van der Waals surface area contributed by atoms with E-state index in [-0.39, 0.29) is 5.54 Å². The molecule has 0 bridgehead atoms. The average molecular weight is 218 g/mol. The molecule has 0 aliphatic heterocycles. The molecule has 0 aliphatic carbocycles. The van der Waals surface area contributed by atoms with Crippen molar-refractivity contribution in [1.29, 1.82) is 5.26 Å². The van der Waals surface area contributed by atoms with E-state index in [1.807, 2.05) is 6.07 Å². The lowest BCUT2D eigenvalue weighted by Gasteiger charge is -2.32. The second-order valence-corrected chi connectivity index (χ2v) is 3.86. The number of hydrogen-bond donors (Lipinski definition) is 1. The molecule has 1 aromatic heterocycles. The highest BCUT2D eigenvalue weighted by Gasteiger charge is 2.23. The van der Waals surface area contributed by atoms with Crippen LogP contribution in [0.2, 0.25) is 0 Å². The molecular formula is C12H18N4. The number of nitrogens with one attached hydrogen (secondary N) is 1. The summed E-state index contributed by atoms with van der Waals surface area (Å²) < 4.78 is 0. The highest BCUT2D eigenvalue weighted by molar-refractivity contribution is 5.36. The smallest absolute Gasteiger partial charge is 0.158 e. The van der Waals surface area contributed by atoms with Crippen LogP contribution in [-0.2, 0) is 0 Å². The Morgan fingerprint density at radius 1 is 1.19 bits per heavy atom. The average Bonchev–Trinajstić information content (AvgIpc) is 2.37. The minimum atomic E-state index is 0.0862. The molecule has 1 heterocycles. The lowest BCUT2D eigenvalue weighted by Crippen LogP contribution is -2.36. The number of nitriles is 1. The summed E-state index contributed by atoms with van der Waals surface area (Å²) in [6.45, 7) is 6.49. The van der Waals surface area contributed by atoms with Gasteiger partial charge in [0.25, 0.3) is 0 Å². The second-order valence-electron chi connectivity index (χ2n) is 3.86. The number of rotatable bonds is 5. The van der Waals surface area contributed by atoms with E-state index in [9.17, 15) is 0 Å². The van der Waals surface area contributed by atoms with Crippen molar-refractivity contribution in [3.63, 3.8) is 0 Å². The first kappa shape index (κ1) is 12.4. The highest BCUT2D eigenvalue weighted by Crippen LogP contribution is 2.23. The maximum atomic E-state index is 8.63. The van der Waals surface area contributed by atoms with Crippen LogP contribution in [0.4, 0.5) is 5.82 Å². The summed E-state index contributed by atoms with van der Waals surface area (Å²) in [6.07, 6.45) is 6.24. The topological polar surface area (TPSA) is 61.6 Å². The lowest BCUT2D eigenvalue weighted by molar-refractivity contribution is 0.419. The Morgan fingerprint density at radius 3 is 2.19 bits per heavy atom. The minimum absolute atomic E-state index is 0.0862. The summed E-state index contributed by atoms with van der Waals surface area (Å²) in [5, 5.41) is 12.0. The van der Waals surface area contributed by atoms with Gasteiger partial charge in [0.1, 0.15) is 11.9 Å². The van der Waals surface area contributed by atoms with Crippen molar-refractivity contribution in [2.24, 2.45) is 0 Å². The van der Waals surface area contributed by atoms with Gasteiger partial charge in [0, 0.05) is 5.54 Å². The van der Waals surface area contributed by atoms with E-state index < -0.39 is 0 Å². The normalized spacial score (nSPS) is 10.9. The molecule has 0 saturated carbocycles. The molecule has 4 heteroatoms. The van der Waals surface area contributed by atoms with E-state index in [1.165, 1.54) is 6.20 Å². The van der Waals surface area contributed by atoms with Crippen molar-refractivity contribution in [3.05, 3.63) is 18.1 Å². The lowest BCUT2D eigenvalue weighted by atomic mass is 9.90. The molecular weight excluding hydrogens is 200 g/mol. The van der Waals surface area contributed by atoms with Gasteiger partial charge in [-0.1, -0.05) is 20.8 Å². The summed E-state index contributed by atoms with van der Waals surface area (Å²) >= 11 is 0. The first-order valence-corrected chi connectivity index (χ1v) is 5.70. The van der Waals surface area contributed by atoms with E-state index in [4.69, 9.17) is 5.26 Å². The van der Waals surface area contributed by atoms with Crippen LogP contribution < -0.4 is 5.32 Å². The van der Waals surface area contributed by atoms with E-state index in [2.05, 4.69) is 36.1 Å². The van der Waals surface area contributed by atoms with Crippen molar-refractivity contribution < 1.29 is 0 Å². The molecule has 0 aliphatic rings. The van der Waals surface area contributed by atoms with Gasteiger partial charge in [-0.15, -0.1) is 0 Å². The molecule has 0 saturated heterocycles. The predicted octanol–water partition coefficient (Wildman–Crippen LogP) is 2.73. The van der Waals surface area contributed by atoms with Crippen LogP contribution in [0.3, 0.4) is 0 Å². The van der Waals surface area contributed by atoms with Gasteiger partial charge in [0.15, 0.2) is 5.69 Å². The van der Waals surface area contributed by atoms with Crippen molar-refractivity contribution in [2.75, 3.05) is 5.32 Å². The van der Waals surface area contributed by atoms with Gasteiger partial charge in [0.2, 0.25) is 0 Å². The predicted molar refractivity (Wildman–Crippen MR) is 64.0 cm³/mol. The Hall–Kier alpha value is -1.63. The SMILES string of the molecule is CCC(CC)(CC)Nc1cnc(C#N)cn1. The van der Waals surface area contributed by atoms with Gasteiger partial charge in [-0.3, -0.25) is 0 Å². The molecule has 86 valence electrons. The fourth-order valence-electron chi connectivity index (χ4n) is 1.74. The fraction of sp³-hybridized carbons (Fsp3) is 0.583.